The van der Waals surface area contributed by atoms with Gasteiger partial charge in [-0.25, -0.2) is 4.98 Å². The van der Waals surface area contributed by atoms with Crippen LogP contribution in [0.5, 0.6) is 0 Å². The maximum atomic E-state index is 5.49. The molecule has 0 bridgehead atoms. The summed E-state index contributed by atoms with van der Waals surface area (Å²) in [6, 6.07) is 3.85. The molecule has 3 rings (SSSR count). The Morgan fingerprint density at radius 2 is 2.24 bits per heavy atom. The van der Waals surface area contributed by atoms with Gasteiger partial charge in [0.1, 0.15) is 11.3 Å². The fourth-order valence-corrected chi connectivity index (χ4v) is 2.13. The second-order valence-electron chi connectivity index (χ2n) is 3.30. The average Bonchev–Trinajstić information content (AvgIpc) is 2.93. The molecule has 0 fully saturated rings. The molecule has 0 saturated heterocycles. The lowest BCUT2D eigenvalue weighted by atomic mass is 10.4. The van der Waals surface area contributed by atoms with Gasteiger partial charge >= 0.3 is 0 Å². The molecule has 17 heavy (non-hydrogen) atoms. The van der Waals surface area contributed by atoms with Gasteiger partial charge < -0.3 is 4.42 Å². The third-order valence-corrected chi connectivity index (χ3v) is 3.25. The third-order valence-electron chi connectivity index (χ3n) is 2.27. The van der Waals surface area contributed by atoms with Crippen molar-refractivity contribution in [2.24, 2.45) is 0 Å². The van der Waals surface area contributed by atoms with Crippen molar-refractivity contribution in [3.63, 3.8) is 0 Å². The van der Waals surface area contributed by atoms with Crippen molar-refractivity contribution < 1.29 is 4.42 Å². The molecule has 0 spiro atoms. The Kier molecular flexibility index (Phi) is 2.64. The van der Waals surface area contributed by atoms with Gasteiger partial charge in [0.2, 0.25) is 0 Å². The Labute approximate surface area is 109 Å². The summed E-state index contributed by atoms with van der Waals surface area (Å²) < 4.78 is 8.36. The van der Waals surface area contributed by atoms with Crippen LogP contribution in [0.4, 0.5) is 0 Å². The molecule has 0 aliphatic carbocycles. The highest BCUT2D eigenvalue weighted by atomic mass is 79.9. The van der Waals surface area contributed by atoms with Gasteiger partial charge in [0, 0.05) is 10.7 Å². The molecule has 7 heteroatoms. The minimum Gasteiger partial charge on any atom is -0.410 e. The fourth-order valence-electron chi connectivity index (χ4n) is 1.51. The van der Waals surface area contributed by atoms with Crippen molar-refractivity contribution >= 4 is 33.3 Å². The molecule has 3 aromatic heterocycles. The number of imidazole rings is 1. The summed E-state index contributed by atoms with van der Waals surface area (Å²) in [5.41, 5.74) is 1.63. The lowest BCUT2D eigenvalue weighted by molar-refractivity contribution is 0.465. The Morgan fingerprint density at radius 3 is 3.00 bits per heavy atom. The molecule has 86 valence electrons. The van der Waals surface area contributed by atoms with Gasteiger partial charge in [0.15, 0.2) is 0 Å². The minimum atomic E-state index is 0.472. The molecule has 0 unspecified atom stereocenters. The Morgan fingerprint density at radius 1 is 1.35 bits per heavy atom. The van der Waals surface area contributed by atoms with Crippen LogP contribution < -0.4 is 0 Å². The van der Waals surface area contributed by atoms with E-state index in [9.17, 15) is 0 Å². The first kappa shape index (κ1) is 10.8. The molecule has 0 aliphatic heterocycles. The highest BCUT2D eigenvalue weighted by molar-refractivity contribution is 9.10. The number of nitrogens with zero attached hydrogens (tertiary/aromatic N) is 4. The number of hydrogen-bond donors (Lipinski definition) is 0. The molecule has 3 aromatic rings. The molecule has 5 nitrogen and oxygen atoms in total. The number of pyridine rings is 1. The summed E-state index contributed by atoms with van der Waals surface area (Å²) in [4.78, 5) is 4.28. The smallest absolute Gasteiger partial charge is 0.276 e. The first-order valence-electron chi connectivity index (χ1n) is 4.78. The molecule has 3 heterocycles. The zero-order valence-electron chi connectivity index (χ0n) is 8.79. The van der Waals surface area contributed by atoms with E-state index in [1.54, 1.807) is 6.20 Å². The zero-order valence-corrected chi connectivity index (χ0v) is 11.2. The topological polar surface area (TPSA) is 56.2 Å². The standard InChI is InChI=1S/C10H7BrN4OS/c1-17-10-14-13-9(16-10)7-4-12-8-3-2-6(11)5-15(7)8/h2-5H,1H3. The largest absolute Gasteiger partial charge is 0.410 e. The van der Waals surface area contributed by atoms with Crippen molar-refractivity contribution in [3.05, 3.63) is 29.0 Å². The molecule has 0 aliphatic rings. The van der Waals surface area contributed by atoms with Crippen molar-refractivity contribution in [3.8, 4) is 11.6 Å². The van der Waals surface area contributed by atoms with Crippen LogP contribution in [-0.2, 0) is 0 Å². The maximum Gasteiger partial charge on any atom is 0.276 e. The SMILES string of the molecule is CSc1nnc(-c2cnc3ccc(Br)cn23)o1. The Hall–Kier alpha value is -1.34. The normalized spacial score (nSPS) is 11.2. The van der Waals surface area contributed by atoms with Crippen molar-refractivity contribution in [1.82, 2.24) is 19.6 Å². The summed E-state index contributed by atoms with van der Waals surface area (Å²) in [5.74, 6) is 0.472. The third kappa shape index (κ3) is 1.85. The molecular weight excluding hydrogens is 304 g/mol. The van der Waals surface area contributed by atoms with Gasteiger partial charge in [-0.1, -0.05) is 11.8 Å². The monoisotopic (exact) mass is 310 g/mol. The Balaban J connectivity index is 2.19. The summed E-state index contributed by atoms with van der Waals surface area (Å²) in [6.45, 7) is 0. The number of hydrogen-bond acceptors (Lipinski definition) is 5. The van der Waals surface area contributed by atoms with E-state index in [4.69, 9.17) is 4.42 Å². The molecule has 0 aromatic carbocycles. The van der Waals surface area contributed by atoms with E-state index in [-0.39, 0.29) is 0 Å². The summed E-state index contributed by atoms with van der Waals surface area (Å²) in [5, 5.41) is 8.46. The van der Waals surface area contributed by atoms with Gasteiger partial charge in [-0.2, -0.15) is 0 Å². The van der Waals surface area contributed by atoms with Crippen LogP contribution in [0, 0.1) is 0 Å². The zero-order chi connectivity index (χ0) is 11.8. The first-order valence-corrected chi connectivity index (χ1v) is 6.80. The van der Waals surface area contributed by atoms with Crippen LogP contribution in [0.25, 0.3) is 17.2 Å². The number of aromatic nitrogens is 4. The predicted octanol–water partition coefficient (Wildman–Crippen LogP) is 2.87. The fraction of sp³-hybridized carbons (Fsp3) is 0.100. The molecule has 0 N–H and O–H groups in total. The number of fused-ring (bicyclic) bond motifs is 1. The first-order chi connectivity index (χ1) is 8.28. The number of rotatable bonds is 2. The van der Waals surface area contributed by atoms with E-state index in [1.807, 2.05) is 29.0 Å². The summed E-state index contributed by atoms with van der Waals surface area (Å²) in [7, 11) is 0. The van der Waals surface area contributed by atoms with Crippen LogP contribution in [0.3, 0.4) is 0 Å². The number of thioether (sulfide) groups is 1. The molecular formula is C10H7BrN4OS. The number of halogens is 1. The van der Waals surface area contributed by atoms with E-state index in [1.165, 1.54) is 11.8 Å². The molecule has 0 atom stereocenters. The van der Waals surface area contributed by atoms with Crippen LogP contribution in [0.2, 0.25) is 0 Å². The quantitative estimate of drug-likeness (QED) is 0.681. The average molecular weight is 311 g/mol. The summed E-state index contributed by atoms with van der Waals surface area (Å²) >= 11 is 4.84. The second-order valence-corrected chi connectivity index (χ2v) is 4.97. The van der Waals surface area contributed by atoms with Crippen LogP contribution >= 0.6 is 27.7 Å². The van der Waals surface area contributed by atoms with E-state index in [2.05, 4.69) is 31.1 Å². The van der Waals surface area contributed by atoms with Crippen molar-refractivity contribution in [2.45, 2.75) is 5.22 Å². The molecule has 0 saturated carbocycles. The predicted molar refractivity (Wildman–Crippen MR) is 68.0 cm³/mol. The summed E-state index contributed by atoms with van der Waals surface area (Å²) in [6.07, 6.45) is 5.53. The molecule has 0 radical (unpaired) electrons. The van der Waals surface area contributed by atoms with E-state index in [0.29, 0.717) is 11.1 Å². The van der Waals surface area contributed by atoms with Crippen LogP contribution in [0.1, 0.15) is 0 Å². The van der Waals surface area contributed by atoms with Crippen molar-refractivity contribution in [1.29, 1.82) is 0 Å². The maximum absolute atomic E-state index is 5.49. The Bertz CT molecular complexity index is 678. The molecule has 0 amide bonds. The van der Waals surface area contributed by atoms with Crippen LogP contribution in [0.15, 0.2) is 38.6 Å². The highest BCUT2D eigenvalue weighted by Gasteiger charge is 2.12. The van der Waals surface area contributed by atoms with Crippen LogP contribution in [-0.4, -0.2) is 25.8 Å². The second kappa shape index (κ2) is 4.15. The van der Waals surface area contributed by atoms with Gasteiger partial charge in [0.25, 0.3) is 11.1 Å². The van der Waals surface area contributed by atoms with Gasteiger partial charge in [0.05, 0.1) is 6.20 Å². The van der Waals surface area contributed by atoms with Gasteiger partial charge in [-0.05, 0) is 34.3 Å². The van der Waals surface area contributed by atoms with Gasteiger partial charge in [-0.3, -0.25) is 4.40 Å². The van der Waals surface area contributed by atoms with E-state index in [0.717, 1.165) is 15.8 Å². The lowest BCUT2D eigenvalue weighted by Gasteiger charge is -1.97. The minimum absolute atomic E-state index is 0.472. The van der Waals surface area contributed by atoms with E-state index >= 15 is 0 Å². The van der Waals surface area contributed by atoms with Gasteiger partial charge in [-0.15, -0.1) is 10.2 Å². The van der Waals surface area contributed by atoms with Crippen molar-refractivity contribution in [2.75, 3.05) is 6.26 Å². The lowest BCUT2D eigenvalue weighted by Crippen LogP contribution is -1.88. The highest BCUT2D eigenvalue weighted by Crippen LogP contribution is 2.23. The van der Waals surface area contributed by atoms with E-state index < -0.39 is 0 Å².